The summed E-state index contributed by atoms with van der Waals surface area (Å²) in [5.74, 6) is 0. The van der Waals surface area contributed by atoms with E-state index in [4.69, 9.17) is 22.7 Å². The van der Waals surface area contributed by atoms with Crippen LogP contribution < -0.4 is 11.1 Å². The van der Waals surface area contributed by atoms with E-state index in [1.165, 1.54) is 0 Å². The van der Waals surface area contributed by atoms with E-state index in [0.717, 1.165) is 37.2 Å². The van der Waals surface area contributed by atoms with Gasteiger partial charge in [0.2, 0.25) is 0 Å². The molecule has 0 saturated carbocycles. The minimum atomic E-state index is 0.313. The van der Waals surface area contributed by atoms with Crippen molar-refractivity contribution in [2.24, 2.45) is 5.73 Å². The Morgan fingerprint density at radius 3 is 2.72 bits per heavy atom. The monoisotopic (exact) mass is 266 g/mol. The molecule has 0 unspecified atom stereocenters. The zero-order chi connectivity index (χ0) is 13.4. The molecular weight excluding hydrogens is 244 g/mol. The number of para-hydroxylation sites is 1. The lowest BCUT2D eigenvalue weighted by Gasteiger charge is -2.11. The third-order valence-electron chi connectivity index (χ3n) is 2.53. The Hall–Kier alpha value is -1.13. The SMILES string of the molecule is CC(C)OCCCCNc1ccccc1C(N)=S. The molecule has 18 heavy (non-hydrogen) atoms. The lowest BCUT2D eigenvalue weighted by molar-refractivity contribution is 0.0765. The summed E-state index contributed by atoms with van der Waals surface area (Å²) in [5.41, 5.74) is 7.59. The first-order valence-electron chi connectivity index (χ1n) is 6.35. The van der Waals surface area contributed by atoms with Crippen molar-refractivity contribution in [3.05, 3.63) is 29.8 Å². The van der Waals surface area contributed by atoms with Crippen LogP contribution >= 0.6 is 12.2 Å². The maximum Gasteiger partial charge on any atom is 0.106 e. The van der Waals surface area contributed by atoms with Crippen LogP contribution in [0.4, 0.5) is 5.69 Å². The highest BCUT2D eigenvalue weighted by Crippen LogP contribution is 2.14. The van der Waals surface area contributed by atoms with Crippen LogP contribution in [0.5, 0.6) is 0 Å². The third-order valence-corrected chi connectivity index (χ3v) is 2.75. The van der Waals surface area contributed by atoms with Crippen LogP contribution in [0.3, 0.4) is 0 Å². The molecule has 0 spiro atoms. The van der Waals surface area contributed by atoms with Crippen LogP contribution in [0, 0.1) is 0 Å². The molecule has 0 atom stereocenters. The molecule has 0 aliphatic heterocycles. The molecular formula is C14H22N2OS. The minimum Gasteiger partial charge on any atom is -0.389 e. The van der Waals surface area contributed by atoms with E-state index in [1.54, 1.807) is 0 Å². The van der Waals surface area contributed by atoms with Gasteiger partial charge in [-0.2, -0.15) is 0 Å². The van der Waals surface area contributed by atoms with Gasteiger partial charge >= 0.3 is 0 Å². The number of anilines is 1. The van der Waals surface area contributed by atoms with Crippen molar-refractivity contribution in [1.82, 2.24) is 0 Å². The summed E-state index contributed by atoms with van der Waals surface area (Å²) in [4.78, 5) is 0.432. The van der Waals surface area contributed by atoms with E-state index in [2.05, 4.69) is 19.2 Å². The van der Waals surface area contributed by atoms with Gasteiger partial charge in [-0.3, -0.25) is 0 Å². The predicted molar refractivity (Wildman–Crippen MR) is 81.1 cm³/mol. The number of hydrogen-bond donors (Lipinski definition) is 2. The molecule has 0 bridgehead atoms. The fourth-order valence-electron chi connectivity index (χ4n) is 1.62. The van der Waals surface area contributed by atoms with Crippen molar-refractivity contribution in [3.63, 3.8) is 0 Å². The molecule has 0 amide bonds. The van der Waals surface area contributed by atoms with Gasteiger partial charge in [0.1, 0.15) is 4.99 Å². The Balaban J connectivity index is 2.29. The minimum absolute atomic E-state index is 0.313. The lowest BCUT2D eigenvalue weighted by Crippen LogP contribution is -2.14. The first-order chi connectivity index (χ1) is 8.61. The molecule has 0 aromatic heterocycles. The van der Waals surface area contributed by atoms with Gasteiger partial charge in [-0.15, -0.1) is 0 Å². The summed E-state index contributed by atoms with van der Waals surface area (Å²) in [6.45, 7) is 5.82. The average molecular weight is 266 g/mol. The van der Waals surface area contributed by atoms with E-state index < -0.39 is 0 Å². The quantitative estimate of drug-likeness (QED) is 0.561. The summed E-state index contributed by atoms with van der Waals surface area (Å²) < 4.78 is 5.49. The van der Waals surface area contributed by atoms with Crippen molar-refractivity contribution < 1.29 is 4.74 Å². The van der Waals surface area contributed by atoms with Crippen LogP contribution in [0.1, 0.15) is 32.3 Å². The second kappa shape index (κ2) is 8.06. The summed E-state index contributed by atoms with van der Waals surface area (Å²) in [5, 5.41) is 3.36. The topological polar surface area (TPSA) is 47.3 Å². The molecule has 0 aliphatic carbocycles. The molecule has 0 saturated heterocycles. The zero-order valence-corrected chi connectivity index (χ0v) is 11.9. The number of ether oxygens (including phenoxy) is 1. The number of hydrogen-bond acceptors (Lipinski definition) is 3. The second-order valence-corrected chi connectivity index (χ2v) is 4.90. The molecule has 0 radical (unpaired) electrons. The Labute approximate surface area is 115 Å². The summed E-state index contributed by atoms with van der Waals surface area (Å²) in [6, 6.07) is 7.85. The van der Waals surface area contributed by atoms with Gasteiger partial charge in [0, 0.05) is 24.4 Å². The number of rotatable bonds is 8. The normalized spacial score (nSPS) is 10.6. The van der Waals surface area contributed by atoms with Gasteiger partial charge < -0.3 is 15.8 Å². The Kier molecular flexibility index (Phi) is 6.68. The van der Waals surface area contributed by atoms with E-state index in [1.807, 2.05) is 24.3 Å². The first-order valence-corrected chi connectivity index (χ1v) is 6.76. The molecule has 0 fully saturated rings. The number of nitrogens with one attached hydrogen (secondary N) is 1. The number of nitrogens with two attached hydrogens (primary N) is 1. The Morgan fingerprint density at radius 2 is 2.06 bits per heavy atom. The molecule has 0 aliphatic rings. The maximum atomic E-state index is 5.67. The van der Waals surface area contributed by atoms with Gasteiger partial charge in [-0.05, 0) is 38.8 Å². The number of thiocarbonyl (C=S) groups is 1. The molecule has 100 valence electrons. The summed E-state index contributed by atoms with van der Waals surface area (Å²) >= 11 is 5.02. The first kappa shape index (κ1) is 14.9. The Morgan fingerprint density at radius 1 is 1.33 bits per heavy atom. The number of unbranched alkanes of at least 4 members (excludes halogenated alkanes) is 1. The molecule has 1 aromatic rings. The van der Waals surface area contributed by atoms with Crippen LogP contribution in [-0.2, 0) is 4.74 Å². The summed E-state index contributed by atoms with van der Waals surface area (Å²) in [7, 11) is 0. The van der Waals surface area contributed by atoms with Crippen molar-refractivity contribution in [3.8, 4) is 0 Å². The lowest BCUT2D eigenvalue weighted by atomic mass is 10.1. The van der Waals surface area contributed by atoms with E-state index in [-0.39, 0.29) is 0 Å². The highest BCUT2D eigenvalue weighted by molar-refractivity contribution is 7.80. The van der Waals surface area contributed by atoms with Crippen molar-refractivity contribution in [1.29, 1.82) is 0 Å². The van der Waals surface area contributed by atoms with Crippen LogP contribution in [0.15, 0.2) is 24.3 Å². The van der Waals surface area contributed by atoms with Crippen LogP contribution in [0.25, 0.3) is 0 Å². The maximum absolute atomic E-state index is 5.67. The zero-order valence-electron chi connectivity index (χ0n) is 11.1. The van der Waals surface area contributed by atoms with Crippen molar-refractivity contribution in [2.45, 2.75) is 32.8 Å². The fourth-order valence-corrected chi connectivity index (χ4v) is 1.80. The van der Waals surface area contributed by atoms with Gasteiger partial charge in [0.05, 0.1) is 6.10 Å². The predicted octanol–water partition coefficient (Wildman–Crippen LogP) is 2.94. The van der Waals surface area contributed by atoms with Gasteiger partial charge in [-0.1, -0.05) is 24.4 Å². The number of benzene rings is 1. The molecule has 1 aromatic carbocycles. The average Bonchev–Trinajstić information content (AvgIpc) is 2.33. The van der Waals surface area contributed by atoms with Gasteiger partial charge in [0.15, 0.2) is 0 Å². The van der Waals surface area contributed by atoms with E-state index >= 15 is 0 Å². The molecule has 4 heteroatoms. The molecule has 0 heterocycles. The van der Waals surface area contributed by atoms with Crippen molar-refractivity contribution in [2.75, 3.05) is 18.5 Å². The largest absolute Gasteiger partial charge is 0.389 e. The smallest absolute Gasteiger partial charge is 0.106 e. The highest BCUT2D eigenvalue weighted by Gasteiger charge is 2.02. The standard InChI is InChI=1S/C14H22N2OS/c1-11(2)17-10-6-5-9-16-13-8-4-3-7-12(13)14(15)18/h3-4,7-8,11,16H,5-6,9-10H2,1-2H3,(H2,15,18). The fraction of sp³-hybridized carbons (Fsp3) is 0.500. The second-order valence-electron chi connectivity index (χ2n) is 4.46. The van der Waals surface area contributed by atoms with Gasteiger partial charge in [-0.25, -0.2) is 0 Å². The van der Waals surface area contributed by atoms with E-state index in [9.17, 15) is 0 Å². The van der Waals surface area contributed by atoms with Crippen molar-refractivity contribution >= 4 is 22.9 Å². The molecule has 3 nitrogen and oxygen atoms in total. The highest BCUT2D eigenvalue weighted by atomic mass is 32.1. The van der Waals surface area contributed by atoms with Crippen LogP contribution in [-0.4, -0.2) is 24.2 Å². The van der Waals surface area contributed by atoms with E-state index in [0.29, 0.717) is 11.1 Å². The molecule has 3 N–H and O–H groups in total. The van der Waals surface area contributed by atoms with Crippen LogP contribution in [0.2, 0.25) is 0 Å². The molecule has 1 rings (SSSR count). The third kappa shape index (κ3) is 5.47. The Bertz CT molecular complexity index is 380. The summed E-state index contributed by atoms with van der Waals surface area (Å²) in [6.07, 6.45) is 2.44. The van der Waals surface area contributed by atoms with Gasteiger partial charge in [0.25, 0.3) is 0 Å².